The predicted molar refractivity (Wildman–Crippen MR) is 51.7 cm³/mol. The summed E-state index contributed by atoms with van der Waals surface area (Å²) in [7, 11) is 0. The summed E-state index contributed by atoms with van der Waals surface area (Å²) >= 11 is 0. The molecule has 0 fully saturated rings. The fourth-order valence-corrected chi connectivity index (χ4v) is 1.17. The van der Waals surface area contributed by atoms with E-state index >= 15 is 0 Å². The number of aromatic amines is 1. The van der Waals surface area contributed by atoms with E-state index in [1.807, 2.05) is 0 Å². The third-order valence-electron chi connectivity index (χ3n) is 1.89. The molecule has 0 aliphatic heterocycles. The minimum absolute atomic E-state index is 0.0450. The van der Waals surface area contributed by atoms with Gasteiger partial charge in [-0.1, -0.05) is 12.1 Å². The molecule has 82 valence electrons. The van der Waals surface area contributed by atoms with E-state index in [1.54, 1.807) is 12.1 Å². The van der Waals surface area contributed by atoms with Crippen molar-refractivity contribution in [3.05, 3.63) is 41.5 Å². The van der Waals surface area contributed by atoms with Gasteiger partial charge in [-0.15, -0.1) is 10.2 Å². The first-order valence-electron chi connectivity index (χ1n) is 4.52. The van der Waals surface area contributed by atoms with Gasteiger partial charge in [0.15, 0.2) is 0 Å². The molecule has 2 aromatic rings. The number of hydrogen-bond acceptors (Lipinski definition) is 4. The molecule has 1 aromatic heterocycles. The number of carbonyl (C=O) groups is 1. The highest BCUT2D eigenvalue weighted by Gasteiger charge is 2.09. The van der Waals surface area contributed by atoms with Gasteiger partial charge in [-0.2, -0.15) is 5.21 Å². The van der Waals surface area contributed by atoms with Crippen molar-refractivity contribution in [1.29, 1.82) is 0 Å². The maximum Gasteiger partial charge on any atom is 0.293 e. The largest absolute Gasteiger partial charge is 0.345 e. The van der Waals surface area contributed by atoms with Crippen molar-refractivity contribution in [2.24, 2.45) is 0 Å². The Morgan fingerprint density at radius 2 is 2.38 bits per heavy atom. The maximum atomic E-state index is 12.8. The van der Waals surface area contributed by atoms with Crippen LogP contribution in [0.15, 0.2) is 24.3 Å². The fourth-order valence-electron chi connectivity index (χ4n) is 1.17. The van der Waals surface area contributed by atoms with Crippen molar-refractivity contribution in [3.63, 3.8) is 0 Å². The van der Waals surface area contributed by atoms with Crippen LogP contribution >= 0.6 is 0 Å². The van der Waals surface area contributed by atoms with E-state index in [9.17, 15) is 9.18 Å². The molecule has 1 heterocycles. The van der Waals surface area contributed by atoms with Crippen molar-refractivity contribution in [2.45, 2.75) is 6.54 Å². The Bertz CT molecular complexity index is 484. The summed E-state index contributed by atoms with van der Waals surface area (Å²) in [4.78, 5) is 11.4. The third-order valence-corrected chi connectivity index (χ3v) is 1.89. The second-order valence-corrected chi connectivity index (χ2v) is 3.05. The van der Waals surface area contributed by atoms with Crippen LogP contribution in [-0.4, -0.2) is 26.5 Å². The van der Waals surface area contributed by atoms with E-state index in [1.165, 1.54) is 12.1 Å². The lowest BCUT2D eigenvalue weighted by atomic mass is 10.2. The monoisotopic (exact) mass is 221 g/mol. The van der Waals surface area contributed by atoms with Gasteiger partial charge in [0.05, 0.1) is 0 Å². The summed E-state index contributed by atoms with van der Waals surface area (Å²) < 4.78 is 12.8. The molecular formula is C9H8FN5O. The SMILES string of the molecule is O=C(NCc1cccc(F)c1)c1nn[nH]n1. The zero-order chi connectivity index (χ0) is 11.4. The zero-order valence-electron chi connectivity index (χ0n) is 8.14. The van der Waals surface area contributed by atoms with Crippen LogP contribution in [0.5, 0.6) is 0 Å². The highest BCUT2D eigenvalue weighted by molar-refractivity contribution is 5.89. The highest BCUT2D eigenvalue weighted by atomic mass is 19.1. The molecule has 6 nitrogen and oxygen atoms in total. The Morgan fingerprint density at radius 1 is 1.50 bits per heavy atom. The van der Waals surface area contributed by atoms with Crippen LogP contribution in [0.1, 0.15) is 16.2 Å². The summed E-state index contributed by atoms with van der Waals surface area (Å²) in [5.41, 5.74) is 0.664. The normalized spacial score (nSPS) is 10.1. The average Bonchev–Trinajstić information content (AvgIpc) is 2.79. The van der Waals surface area contributed by atoms with Crippen LogP contribution < -0.4 is 5.32 Å². The minimum Gasteiger partial charge on any atom is -0.345 e. The Labute approximate surface area is 89.9 Å². The molecule has 0 bridgehead atoms. The quantitative estimate of drug-likeness (QED) is 0.779. The molecule has 2 rings (SSSR count). The van der Waals surface area contributed by atoms with Gasteiger partial charge in [0, 0.05) is 6.54 Å². The first-order valence-corrected chi connectivity index (χ1v) is 4.52. The maximum absolute atomic E-state index is 12.8. The van der Waals surface area contributed by atoms with E-state index in [2.05, 4.69) is 25.9 Å². The molecule has 0 spiro atoms. The van der Waals surface area contributed by atoms with Gasteiger partial charge >= 0.3 is 0 Å². The molecule has 0 saturated carbocycles. The average molecular weight is 221 g/mol. The standard InChI is InChI=1S/C9H8FN5O/c10-7-3-1-2-6(4-7)5-11-9(16)8-12-14-15-13-8/h1-4H,5H2,(H,11,16)(H,12,13,14,15). The van der Waals surface area contributed by atoms with Crippen molar-refractivity contribution < 1.29 is 9.18 Å². The molecule has 0 unspecified atom stereocenters. The second kappa shape index (κ2) is 4.47. The number of tetrazole rings is 1. The highest BCUT2D eigenvalue weighted by Crippen LogP contribution is 2.02. The molecule has 0 aliphatic carbocycles. The summed E-state index contributed by atoms with van der Waals surface area (Å²) in [5, 5.41) is 15.0. The first kappa shape index (κ1) is 10.2. The molecular weight excluding hydrogens is 213 g/mol. The molecule has 1 amide bonds. The van der Waals surface area contributed by atoms with Gasteiger partial charge in [0.25, 0.3) is 11.7 Å². The van der Waals surface area contributed by atoms with Crippen LogP contribution in [0.3, 0.4) is 0 Å². The van der Waals surface area contributed by atoms with E-state index in [0.717, 1.165) is 0 Å². The fraction of sp³-hybridized carbons (Fsp3) is 0.111. The Balaban J connectivity index is 1.95. The summed E-state index contributed by atoms with van der Waals surface area (Å²) in [6, 6.07) is 5.96. The zero-order valence-corrected chi connectivity index (χ0v) is 8.14. The van der Waals surface area contributed by atoms with Gasteiger partial charge in [0.1, 0.15) is 5.82 Å². The van der Waals surface area contributed by atoms with Gasteiger partial charge < -0.3 is 5.32 Å². The van der Waals surface area contributed by atoms with E-state index in [-0.39, 0.29) is 18.2 Å². The summed E-state index contributed by atoms with van der Waals surface area (Å²) in [5.74, 6) is -0.847. The van der Waals surface area contributed by atoms with Crippen LogP contribution in [0.25, 0.3) is 0 Å². The number of nitrogens with one attached hydrogen (secondary N) is 2. The first-order chi connectivity index (χ1) is 7.75. The summed E-state index contributed by atoms with van der Waals surface area (Å²) in [6.45, 7) is 0.213. The number of nitrogens with zero attached hydrogens (tertiary/aromatic N) is 3. The van der Waals surface area contributed by atoms with Crippen LogP contribution in [0, 0.1) is 5.82 Å². The Kier molecular flexibility index (Phi) is 2.86. The van der Waals surface area contributed by atoms with Gasteiger partial charge in [-0.05, 0) is 22.9 Å². The van der Waals surface area contributed by atoms with Gasteiger partial charge in [-0.25, -0.2) is 4.39 Å². The van der Waals surface area contributed by atoms with Crippen LogP contribution in [0.4, 0.5) is 4.39 Å². The summed E-state index contributed by atoms with van der Waals surface area (Å²) in [6.07, 6.45) is 0. The van der Waals surface area contributed by atoms with E-state index in [4.69, 9.17) is 0 Å². The lowest BCUT2D eigenvalue weighted by molar-refractivity contribution is 0.0940. The molecule has 1 aromatic carbocycles. The third kappa shape index (κ3) is 2.38. The van der Waals surface area contributed by atoms with E-state index in [0.29, 0.717) is 5.56 Å². The number of H-pyrrole nitrogens is 1. The molecule has 0 radical (unpaired) electrons. The van der Waals surface area contributed by atoms with Gasteiger partial charge in [0.2, 0.25) is 0 Å². The number of rotatable bonds is 3. The number of aromatic nitrogens is 4. The van der Waals surface area contributed by atoms with Crippen molar-refractivity contribution >= 4 is 5.91 Å². The topological polar surface area (TPSA) is 83.6 Å². The molecule has 0 atom stereocenters. The lowest BCUT2D eigenvalue weighted by Gasteiger charge is -2.02. The molecule has 7 heteroatoms. The van der Waals surface area contributed by atoms with Crippen LogP contribution in [-0.2, 0) is 6.54 Å². The van der Waals surface area contributed by atoms with Crippen molar-refractivity contribution in [2.75, 3.05) is 0 Å². The van der Waals surface area contributed by atoms with Gasteiger partial charge in [-0.3, -0.25) is 4.79 Å². The number of hydrogen-bond donors (Lipinski definition) is 2. The number of benzene rings is 1. The number of amides is 1. The second-order valence-electron chi connectivity index (χ2n) is 3.05. The van der Waals surface area contributed by atoms with Crippen LogP contribution in [0.2, 0.25) is 0 Å². The molecule has 16 heavy (non-hydrogen) atoms. The Hall–Kier alpha value is -2.31. The van der Waals surface area contributed by atoms with Crippen molar-refractivity contribution in [3.8, 4) is 0 Å². The number of carbonyl (C=O) groups excluding carboxylic acids is 1. The molecule has 0 saturated heterocycles. The lowest BCUT2D eigenvalue weighted by Crippen LogP contribution is -2.24. The predicted octanol–water partition coefficient (Wildman–Crippen LogP) is 0.269. The molecule has 0 aliphatic rings. The van der Waals surface area contributed by atoms with Crippen molar-refractivity contribution in [1.82, 2.24) is 25.9 Å². The Morgan fingerprint density at radius 3 is 3.06 bits per heavy atom. The molecule has 2 N–H and O–H groups in total. The number of halogens is 1. The minimum atomic E-state index is -0.460. The smallest absolute Gasteiger partial charge is 0.293 e. The van der Waals surface area contributed by atoms with E-state index < -0.39 is 5.91 Å².